The number of carbonyl (C=O) groups is 3. The van der Waals surface area contributed by atoms with Crippen molar-refractivity contribution in [3.63, 3.8) is 0 Å². The zero-order chi connectivity index (χ0) is 22.1. The second-order valence-corrected chi connectivity index (χ2v) is 9.42. The van der Waals surface area contributed by atoms with Gasteiger partial charge in [0.2, 0.25) is 11.8 Å². The Kier molecular flexibility index (Phi) is 9.02. The maximum Gasteiger partial charge on any atom is 0.408 e. The molecule has 0 aliphatic carbocycles. The van der Waals surface area contributed by atoms with Crippen molar-refractivity contribution < 1.29 is 19.1 Å². The Morgan fingerprint density at radius 1 is 1.17 bits per heavy atom. The van der Waals surface area contributed by atoms with E-state index < -0.39 is 17.7 Å². The van der Waals surface area contributed by atoms with Crippen LogP contribution in [0, 0.1) is 5.92 Å². The van der Waals surface area contributed by atoms with Gasteiger partial charge in [-0.25, -0.2) is 4.79 Å². The molecular weight excluding hydrogens is 402 g/mol. The maximum absolute atomic E-state index is 13.0. The fourth-order valence-electron chi connectivity index (χ4n) is 3.29. The number of carbonyl (C=O) groups excluding carboxylic acids is 3. The third-order valence-electron chi connectivity index (χ3n) is 4.82. The minimum absolute atomic E-state index is 0.0147. The molecule has 1 aromatic rings. The van der Waals surface area contributed by atoms with Gasteiger partial charge in [0.15, 0.2) is 0 Å². The molecule has 2 rings (SSSR count). The lowest BCUT2D eigenvalue weighted by Crippen LogP contribution is -2.52. The average molecular weight is 436 g/mol. The monoisotopic (exact) mass is 435 g/mol. The Morgan fingerprint density at radius 3 is 2.37 bits per heavy atom. The van der Waals surface area contributed by atoms with Gasteiger partial charge in [0.25, 0.3) is 0 Å². The molecule has 7 nitrogen and oxygen atoms in total. The molecule has 1 fully saturated rings. The summed E-state index contributed by atoms with van der Waals surface area (Å²) in [7, 11) is 0. The number of hydrogen-bond acceptors (Lipinski definition) is 5. The molecule has 1 saturated heterocycles. The highest BCUT2D eigenvalue weighted by atomic mass is 32.2. The Hall–Kier alpha value is -2.22. The molecular formula is C22H33N3O4S. The van der Waals surface area contributed by atoms with Gasteiger partial charge in [-0.3, -0.25) is 9.59 Å². The van der Waals surface area contributed by atoms with Crippen LogP contribution in [-0.2, 0) is 14.3 Å². The summed E-state index contributed by atoms with van der Waals surface area (Å²) in [5, 5.41) is 5.66. The minimum atomic E-state index is -0.623. The number of piperidine rings is 1. The number of thioether (sulfide) groups is 1. The van der Waals surface area contributed by atoms with Crippen LogP contribution >= 0.6 is 11.8 Å². The number of para-hydroxylation sites is 1. The maximum atomic E-state index is 13.0. The molecule has 1 aliphatic rings. The zero-order valence-corrected chi connectivity index (χ0v) is 19.1. The van der Waals surface area contributed by atoms with Crippen molar-refractivity contribution in [1.29, 1.82) is 0 Å². The first kappa shape index (κ1) is 24.1. The van der Waals surface area contributed by atoms with Crippen LogP contribution in [0.1, 0.15) is 40.0 Å². The van der Waals surface area contributed by atoms with Crippen molar-refractivity contribution in [1.82, 2.24) is 10.2 Å². The van der Waals surface area contributed by atoms with E-state index in [0.717, 1.165) is 11.4 Å². The lowest BCUT2D eigenvalue weighted by atomic mass is 9.95. The molecule has 166 valence electrons. The molecule has 1 atom stereocenters. The minimum Gasteiger partial charge on any atom is -0.444 e. The van der Waals surface area contributed by atoms with Crippen LogP contribution in [0.2, 0.25) is 0 Å². The lowest BCUT2D eigenvalue weighted by molar-refractivity contribution is -0.136. The Balaban J connectivity index is 1.89. The van der Waals surface area contributed by atoms with Gasteiger partial charge in [-0.15, -0.1) is 0 Å². The number of anilines is 1. The van der Waals surface area contributed by atoms with E-state index >= 15 is 0 Å². The van der Waals surface area contributed by atoms with Crippen LogP contribution in [-0.4, -0.2) is 59.5 Å². The summed E-state index contributed by atoms with van der Waals surface area (Å²) in [5.41, 5.74) is 0.154. The quantitative estimate of drug-likeness (QED) is 0.684. The Morgan fingerprint density at radius 2 is 1.80 bits per heavy atom. The normalized spacial score (nSPS) is 15.9. The van der Waals surface area contributed by atoms with Gasteiger partial charge in [0, 0.05) is 24.7 Å². The van der Waals surface area contributed by atoms with Gasteiger partial charge in [0.1, 0.15) is 11.6 Å². The highest BCUT2D eigenvalue weighted by molar-refractivity contribution is 7.98. The van der Waals surface area contributed by atoms with E-state index in [1.165, 1.54) is 0 Å². The van der Waals surface area contributed by atoms with E-state index in [4.69, 9.17) is 4.74 Å². The summed E-state index contributed by atoms with van der Waals surface area (Å²) in [6, 6.07) is 8.75. The molecule has 1 aliphatic heterocycles. The molecule has 0 bridgehead atoms. The summed E-state index contributed by atoms with van der Waals surface area (Å²) in [4.78, 5) is 39.4. The van der Waals surface area contributed by atoms with E-state index in [1.54, 1.807) is 37.4 Å². The summed E-state index contributed by atoms with van der Waals surface area (Å²) >= 11 is 1.62. The number of alkyl carbamates (subject to hydrolysis) is 1. The Labute approximate surface area is 183 Å². The van der Waals surface area contributed by atoms with Crippen molar-refractivity contribution in [3.05, 3.63) is 30.3 Å². The molecule has 1 heterocycles. The number of rotatable bonds is 7. The molecule has 1 aromatic carbocycles. The molecule has 0 aromatic heterocycles. The second kappa shape index (κ2) is 11.2. The third kappa shape index (κ3) is 7.89. The first-order chi connectivity index (χ1) is 14.2. The molecule has 0 spiro atoms. The SMILES string of the molecule is CSCC[C@H](NC(=O)OC(C)(C)C)C(=O)N1CCC(C(=O)Nc2ccccc2)CC1. The fraction of sp³-hybridized carbons (Fsp3) is 0.591. The average Bonchev–Trinajstić information content (AvgIpc) is 2.70. The van der Waals surface area contributed by atoms with Crippen molar-refractivity contribution in [2.24, 2.45) is 5.92 Å². The van der Waals surface area contributed by atoms with Crippen LogP contribution in [0.25, 0.3) is 0 Å². The predicted octanol–water partition coefficient (Wildman–Crippen LogP) is 3.51. The highest BCUT2D eigenvalue weighted by Gasteiger charge is 2.32. The van der Waals surface area contributed by atoms with Crippen molar-refractivity contribution in [3.8, 4) is 0 Å². The van der Waals surface area contributed by atoms with Crippen LogP contribution in [0.4, 0.5) is 10.5 Å². The zero-order valence-electron chi connectivity index (χ0n) is 18.3. The van der Waals surface area contributed by atoms with Crippen molar-refractivity contribution in [2.45, 2.75) is 51.7 Å². The Bertz CT molecular complexity index is 713. The molecule has 0 saturated carbocycles. The van der Waals surface area contributed by atoms with Gasteiger partial charge in [0.05, 0.1) is 0 Å². The summed E-state index contributed by atoms with van der Waals surface area (Å²) in [6.45, 7) is 6.36. The van der Waals surface area contributed by atoms with Crippen LogP contribution in [0.5, 0.6) is 0 Å². The van der Waals surface area contributed by atoms with Gasteiger partial charge >= 0.3 is 6.09 Å². The van der Waals surface area contributed by atoms with Gasteiger partial charge < -0.3 is 20.3 Å². The topological polar surface area (TPSA) is 87.7 Å². The number of amides is 3. The molecule has 2 N–H and O–H groups in total. The van der Waals surface area contributed by atoms with Crippen LogP contribution < -0.4 is 10.6 Å². The standard InChI is InChI=1S/C22H33N3O4S/c1-22(2,3)29-21(28)24-18(12-15-30-4)20(27)25-13-10-16(11-14-25)19(26)23-17-8-6-5-7-9-17/h5-9,16,18H,10-15H2,1-4H3,(H,23,26)(H,24,28)/t18-/m0/s1. The van der Waals surface area contributed by atoms with Crippen LogP contribution in [0.3, 0.4) is 0 Å². The highest BCUT2D eigenvalue weighted by Crippen LogP contribution is 2.21. The van der Waals surface area contributed by atoms with Gasteiger partial charge in [-0.2, -0.15) is 11.8 Å². The number of ether oxygens (including phenoxy) is 1. The largest absolute Gasteiger partial charge is 0.444 e. The fourth-order valence-corrected chi connectivity index (χ4v) is 3.76. The first-order valence-electron chi connectivity index (χ1n) is 10.3. The van der Waals surface area contributed by atoms with Gasteiger partial charge in [-0.05, 0) is 64.2 Å². The van der Waals surface area contributed by atoms with E-state index in [0.29, 0.717) is 32.4 Å². The number of likely N-dealkylation sites (tertiary alicyclic amines) is 1. The number of nitrogens with zero attached hydrogens (tertiary/aromatic N) is 1. The van der Waals surface area contributed by atoms with E-state index in [1.807, 2.05) is 36.6 Å². The third-order valence-corrected chi connectivity index (χ3v) is 5.46. The second-order valence-electron chi connectivity index (χ2n) is 8.44. The molecule has 3 amide bonds. The smallest absolute Gasteiger partial charge is 0.408 e. The predicted molar refractivity (Wildman–Crippen MR) is 121 cm³/mol. The molecule has 30 heavy (non-hydrogen) atoms. The lowest BCUT2D eigenvalue weighted by Gasteiger charge is -2.34. The first-order valence-corrected chi connectivity index (χ1v) is 11.7. The van der Waals surface area contributed by atoms with E-state index in [-0.39, 0.29) is 17.7 Å². The van der Waals surface area contributed by atoms with E-state index in [9.17, 15) is 14.4 Å². The number of hydrogen-bond donors (Lipinski definition) is 2. The molecule has 8 heteroatoms. The summed E-state index contributed by atoms with van der Waals surface area (Å²) < 4.78 is 5.31. The summed E-state index contributed by atoms with van der Waals surface area (Å²) in [6.07, 6.45) is 3.12. The van der Waals surface area contributed by atoms with Crippen LogP contribution in [0.15, 0.2) is 30.3 Å². The van der Waals surface area contributed by atoms with Crippen molar-refractivity contribution in [2.75, 3.05) is 30.4 Å². The molecule has 0 unspecified atom stereocenters. The van der Waals surface area contributed by atoms with Crippen molar-refractivity contribution >= 4 is 35.4 Å². The number of benzene rings is 1. The molecule has 0 radical (unpaired) electrons. The number of nitrogens with one attached hydrogen (secondary N) is 2. The van der Waals surface area contributed by atoms with E-state index in [2.05, 4.69) is 10.6 Å². The summed E-state index contributed by atoms with van der Waals surface area (Å²) in [5.74, 6) is 0.496. The van der Waals surface area contributed by atoms with Gasteiger partial charge in [-0.1, -0.05) is 18.2 Å².